The zero-order valence-corrected chi connectivity index (χ0v) is 5.55. The molecule has 0 aromatic rings. The van der Waals surface area contributed by atoms with Crippen molar-refractivity contribution in [3.8, 4) is 0 Å². The Kier molecular flexibility index (Phi) is 2.61. The molecule has 0 fully saturated rings. The maximum Gasteiger partial charge on any atom is 0.325 e. The van der Waals surface area contributed by atoms with E-state index >= 15 is 0 Å². The molecule has 0 unspecified atom stereocenters. The SMILES string of the molecule is COC[C@@](C)(N)C(=O)O. The summed E-state index contributed by atoms with van der Waals surface area (Å²) in [4.78, 5) is 10.2. The molecule has 0 amide bonds. The van der Waals surface area contributed by atoms with Crippen molar-refractivity contribution in [1.29, 1.82) is 0 Å². The van der Waals surface area contributed by atoms with E-state index in [0.29, 0.717) is 0 Å². The number of aliphatic carboxylic acids is 1. The highest BCUT2D eigenvalue weighted by Gasteiger charge is 2.27. The summed E-state index contributed by atoms with van der Waals surface area (Å²) < 4.78 is 4.56. The van der Waals surface area contributed by atoms with Crippen molar-refractivity contribution in [2.45, 2.75) is 12.5 Å². The third-order valence-corrected chi connectivity index (χ3v) is 0.933. The minimum Gasteiger partial charge on any atom is -0.480 e. The van der Waals surface area contributed by atoms with E-state index < -0.39 is 11.5 Å². The second-order valence-electron chi connectivity index (χ2n) is 2.16. The standard InChI is InChI=1S/C5H11NO3/c1-5(6,3-9-2)4(7)8/h3,6H2,1-2H3,(H,7,8)/t5-/m1/s1. The summed E-state index contributed by atoms with van der Waals surface area (Å²) in [5, 5.41) is 8.37. The summed E-state index contributed by atoms with van der Waals surface area (Å²) in [6, 6.07) is 0. The van der Waals surface area contributed by atoms with Gasteiger partial charge in [0.25, 0.3) is 0 Å². The molecule has 0 saturated heterocycles. The molecular formula is C5H11NO3. The first-order valence-corrected chi connectivity index (χ1v) is 2.52. The lowest BCUT2D eigenvalue weighted by atomic mass is 10.1. The van der Waals surface area contributed by atoms with Crippen LogP contribution in [0.1, 0.15) is 6.92 Å². The van der Waals surface area contributed by atoms with Gasteiger partial charge in [0.2, 0.25) is 0 Å². The van der Waals surface area contributed by atoms with Gasteiger partial charge < -0.3 is 15.6 Å². The van der Waals surface area contributed by atoms with Gasteiger partial charge in [0.1, 0.15) is 5.54 Å². The smallest absolute Gasteiger partial charge is 0.325 e. The second kappa shape index (κ2) is 2.80. The van der Waals surface area contributed by atoms with Crippen molar-refractivity contribution in [2.24, 2.45) is 5.73 Å². The minimum absolute atomic E-state index is 0.0301. The number of nitrogens with two attached hydrogens (primary N) is 1. The fraction of sp³-hybridized carbons (Fsp3) is 0.800. The fourth-order valence-corrected chi connectivity index (χ4v) is 0.362. The Bertz CT molecular complexity index is 111. The van der Waals surface area contributed by atoms with E-state index in [1.165, 1.54) is 14.0 Å². The van der Waals surface area contributed by atoms with Gasteiger partial charge in [-0.25, -0.2) is 0 Å². The van der Waals surface area contributed by atoms with Crippen LogP contribution in [0.15, 0.2) is 0 Å². The maximum atomic E-state index is 10.2. The molecule has 0 rings (SSSR count). The van der Waals surface area contributed by atoms with Gasteiger partial charge in [0.15, 0.2) is 0 Å². The van der Waals surface area contributed by atoms with Crippen LogP contribution in [0.4, 0.5) is 0 Å². The molecule has 0 bridgehead atoms. The van der Waals surface area contributed by atoms with Crippen LogP contribution in [0.2, 0.25) is 0 Å². The van der Waals surface area contributed by atoms with Crippen molar-refractivity contribution >= 4 is 5.97 Å². The van der Waals surface area contributed by atoms with Gasteiger partial charge in [0, 0.05) is 7.11 Å². The third kappa shape index (κ3) is 2.43. The van der Waals surface area contributed by atoms with Crippen LogP contribution < -0.4 is 5.73 Å². The first-order valence-electron chi connectivity index (χ1n) is 2.52. The molecule has 54 valence electrons. The van der Waals surface area contributed by atoms with Crippen LogP contribution in [-0.2, 0) is 9.53 Å². The molecular weight excluding hydrogens is 122 g/mol. The zero-order chi connectivity index (χ0) is 7.49. The number of ether oxygens (including phenoxy) is 1. The topological polar surface area (TPSA) is 72.5 Å². The minimum atomic E-state index is -1.26. The lowest BCUT2D eigenvalue weighted by Gasteiger charge is -2.16. The van der Waals surface area contributed by atoms with Crippen LogP contribution in [0, 0.1) is 0 Å². The zero-order valence-electron chi connectivity index (χ0n) is 5.55. The van der Waals surface area contributed by atoms with Crippen molar-refractivity contribution in [1.82, 2.24) is 0 Å². The number of carboxylic acids is 1. The summed E-state index contributed by atoms with van der Waals surface area (Å²) in [6.07, 6.45) is 0. The van der Waals surface area contributed by atoms with E-state index in [1.54, 1.807) is 0 Å². The van der Waals surface area contributed by atoms with Crippen LogP contribution in [0.3, 0.4) is 0 Å². The Morgan fingerprint density at radius 1 is 1.89 bits per heavy atom. The Hall–Kier alpha value is -0.610. The molecule has 0 aliphatic heterocycles. The predicted molar refractivity (Wildman–Crippen MR) is 32.1 cm³/mol. The van der Waals surface area contributed by atoms with Gasteiger partial charge >= 0.3 is 5.97 Å². The van der Waals surface area contributed by atoms with Crippen molar-refractivity contribution in [2.75, 3.05) is 13.7 Å². The van der Waals surface area contributed by atoms with Gasteiger partial charge in [-0.2, -0.15) is 0 Å². The Morgan fingerprint density at radius 2 is 2.33 bits per heavy atom. The van der Waals surface area contributed by atoms with E-state index in [2.05, 4.69) is 4.74 Å². The lowest BCUT2D eigenvalue weighted by molar-refractivity contribution is -0.144. The summed E-state index contributed by atoms with van der Waals surface area (Å²) in [7, 11) is 1.41. The van der Waals surface area contributed by atoms with Crippen LogP contribution in [-0.4, -0.2) is 30.3 Å². The first-order chi connectivity index (χ1) is 4.00. The van der Waals surface area contributed by atoms with Gasteiger partial charge in [0.05, 0.1) is 6.61 Å². The molecule has 1 atom stereocenters. The van der Waals surface area contributed by atoms with E-state index in [4.69, 9.17) is 10.8 Å². The molecule has 0 saturated carbocycles. The predicted octanol–water partition coefficient (Wildman–Crippen LogP) is -0.565. The fourth-order valence-electron chi connectivity index (χ4n) is 0.362. The third-order valence-electron chi connectivity index (χ3n) is 0.933. The molecule has 0 aromatic carbocycles. The average Bonchev–Trinajstić information content (AvgIpc) is 1.65. The maximum absolute atomic E-state index is 10.2. The van der Waals surface area contributed by atoms with Gasteiger partial charge in [-0.1, -0.05) is 0 Å². The first kappa shape index (κ1) is 8.39. The quantitative estimate of drug-likeness (QED) is 0.541. The molecule has 0 radical (unpaired) electrons. The lowest BCUT2D eigenvalue weighted by Crippen LogP contribution is -2.48. The van der Waals surface area contributed by atoms with E-state index in [9.17, 15) is 4.79 Å². The highest BCUT2D eigenvalue weighted by atomic mass is 16.5. The molecule has 4 nitrogen and oxygen atoms in total. The number of rotatable bonds is 3. The number of carbonyl (C=O) groups is 1. The van der Waals surface area contributed by atoms with Crippen molar-refractivity contribution in [3.63, 3.8) is 0 Å². The summed E-state index contributed by atoms with van der Waals surface area (Å²) in [5.74, 6) is -1.05. The monoisotopic (exact) mass is 133 g/mol. The van der Waals surface area contributed by atoms with Crippen molar-refractivity contribution in [3.05, 3.63) is 0 Å². The molecule has 0 spiro atoms. The van der Waals surface area contributed by atoms with Crippen molar-refractivity contribution < 1.29 is 14.6 Å². The summed E-state index contributed by atoms with van der Waals surface area (Å²) >= 11 is 0. The summed E-state index contributed by atoms with van der Waals surface area (Å²) in [6.45, 7) is 1.43. The highest BCUT2D eigenvalue weighted by Crippen LogP contribution is 1.97. The van der Waals surface area contributed by atoms with Crippen LogP contribution >= 0.6 is 0 Å². The molecule has 0 aromatic heterocycles. The molecule has 4 heteroatoms. The average molecular weight is 133 g/mol. The summed E-state index contributed by atoms with van der Waals surface area (Å²) in [5.41, 5.74) is 3.99. The largest absolute Gasteiger partial charge is 0.480 e. The van der Waals surface area contributed by atoms with E-state index in [0.717, 1.165) is 0 Å². The number of methoxy groups -OCH3 is 1. The number of hydrogen-bond acceptors (Lipinski definition) is 3. The second-order valence-corrected chi connectivity index (χ2v) is 2.16. The van der Waals surface area contributed by atoms with Gasteiger partial charge in [-0.15, -0.1) is 0 Å². The molecule has 0 aliphatic carbocycles. The van der Waals surface area contributed by atoms with Gasteiger partial charge in [-0.05, 0) is 6.92 Å². The van der Waals surface area contributed by atoms with Gasteiger partial charge in [-0.3, -0.25) is 4.79 Å². The highest BCUT2D eigenvalue weighted by molar-refractivity contribution is 5.77. The van der Waals surface area contributed by atoms with E-state index in [-0.39, 0.29) is 6.61 Å². The molecule has 0 heterocycles. The number of carboxylic acid groups (broad SMARTS) is 1. The molecule has 0 aliphatic rings. The molecule has 3 N–H and O–H groups in total. The Balaban J connectivity index is 3.85. The normalized spacial score (nSPS) is 16.8. The van der Waals surface area contributed by atoms with Crippen LogP contribution in [0.25, 0.3) is 0 Å². The number of hydrogen-bond donors (Lipinski definition) is 2. The molecule has 9 heavy (non-hydrogen) atoms. The Labute approximate surface area is 53.6 Å². The van der Waals surface area contributed by atoms with E-state index in [1.807, 2.05) is 0 Å². The van der Waals surface area contributed by atoms with Crippen LogP contribution in [0.5, 0.6) is 0 Å². The Morgan fingerprint density at radius 3 is 2.44 bits per heavy atom.